The average molecular weight is 419 g/mol. The Balaban J connectivity index is 1.84. The second-order valence-electron chi connectivity index (χ2n) is 4.44. The first kappa shape index (κ1) is 15.9. The van der Waals surface area contributed by atoms with Crippen LogP contribution in [0.1, 0.15) is 5.56 Å². The molecule has 0 fully saturated rings. The summed E-state index contributed by atoms with van der Waals surface area (Å²) in [6.07, 6.45) is 1.76. The maximum atomic E-state index is 6.11. The van der Waals surface area contributed by atoms with Gasteiger partial charge in [0.2, 0.25) is 0 Å². The van der Waals surface area contributed by atoms with Gasteiger partial charge in [0, 0.05) is 11.9 Å². The van der Waals surface area contributed by atoms with Crippen molar-refractivity contribution >= 4 is 56.5 Å². The first-order chi connectivity index (χ1) is 10.6. The van der Waals surface area contributed by atoms with Gasteiger partial charge in [0.15, 0.2) is 10.8 Å². The molecule has 0 aliphatic heterocycles. The Labute approximate surface area is 149 Å². The van der Waals surface area contributed by atoms with Crippen LogP contribution >= 0.6 is 50.9 Å². The van der Waals surface area contributed by atoms with Crippen molar-refractivity contribution in [2.75, 3.05) is 7.11 Å². The summed E-state index contributed by atoms with van der Waals surface area (Å²) in [4.78, 5) is 0. The van der Waals surface area contributed by atoms with Crippen molar-refractivity contribution in [1.29, 1.82) is 0 Å². The Kier molecular flexibility index (Phi) is 4.82. The molecule has 0 aliphatic rings. The van der Waals surface area contributed by atoms with E-state index in [0.29, 0.717) is 15.7 Å². The Morgan fingerprint density at radius 1 is 1.27 bits per heavy atom. The van der Waals surface area contributed by atoms with Gasteiger partial charge < -0.3 is 4.74 Å². The minimum Gasteiger partial charge on any atom is -0.496 e. The van der Waals surface area contributed by atoms with Gasteiger partial charge in [-0.15, -0.1) is 10.2 Å². The Bertz CT molecular complexity index is 840. The number of ether oxygens (including phenoxy) is 1. The molecule has 0 unspecified atom stereocenters. The van der Waals surface area contributed by atoms with E-state index >= 15 is 0 Å². The lowest BCUT2D eigenvalue weighted by Crippen LogP contribution is -1.90. The number of thioether (sulfide) groups is 1. The fourth-order valence-electron chi connectivity index (χ4n) is 1.95. The number of rotatable bonds is 4. The fourth-order valence-corrected chi connectivity index (χ4v) is 3.90. The summed E-state index contributed by atoms with van der Waals surface area (Å²) in [5.41, 5.74) is 1.74. The quantitative estimate of drug-likeness (QED) is 0.552. The number of aromatic nitrogens is 3. The van der Waals surface area contributed by atoms with Crippen LogP contribution in [0, 0.1) is 0 Å². The first-order valence-electron chi connectivity index (χ1n) is 6.23. The third-order valence-electron chi connectivity index (χ3n) is 2.98. The van der Waals surface area contributed by atoms with Crippen molar-refractivity contribution < 1.29 is 4.74 Å². The maximum Gasteiger partial charge on any atom is 0.196 e. The predicted octanol–water partition coefficient (Wildman–Crippen LogP) is 5.10. The predicted molar refractivity (Wildman–Crippen MR) is 93.3 cm³/mol. The minimum absolute atomic E-state index is 0.485. The Morgan fingerprint density at radius 2 is 2.09 bits per heavy atom. The van der Waals surface area contributed by atoms with Crippen LogP contribution in [-0.4, -0.2) is 21.7 Å². The van der Waals surface area contributed by atoms with Crippen LogP contribution in [0.5, 0.6) is 5.75 Å². The zero-order chi connectivity index (χ0) is 15.7. The standard InChI is InChI=1S/C14H10BrCl2N3OS/c1-21-12-3-2-8(4-10(12)15)7-22-14-19-18-13-11(17)5-9(16)6-20(13)14/h2-6H,7H2,1H3. The monoisotopic (exact) mass is 417 g/mol. The number of nitrogens with zero attached hydrogens (tertiary/aromatic N) is 3. The molecule has 2 heterocycles. The molecule has 3 rings (SSSR count). The van der Waals surface area contributed by atoms with E-state index in [-0.39, 0.29) is 0 Å². The average Bonchev–Trinajstić information content (AvgIpc) is 2.88. The summed E-state index contributed by atoms with van der Waals surface area (Å²) in [5.74, 6) is 1.55. The number of pyridine rings is 1. The van der Waals surface area contributed by atoms with Crippen LogP contribution in [0.15, 0.2) is 40.1 Å². The molecular weight excluding hydrogens is 409 g/mol. The van der Waals surface area contributed by atoms with Crippen molar-refractivity contribution in [2.24, 2.45) is 0 Å². The molecule has 0 bridgehead atoms. The number of benzene rings is 1. The highest BCUT2D eigenvalue weighted by molar-refractivity contribution is 9.10. The number of halogens is 3. The van der Waals surface area contributed by atoms with Gasteiger partial charge in [0.1, 0.15) is 5.75 Å². The van der Waals surface area contributed by atoms with Gasteiger partial charge in [0.25, 0.3) is 0 Å². The first-order valence-corrected chi connectivity index (χ1v) is 8.77. The molecule has 1 aromatic carbocycles. The van der Waals surface area contributed by atoms with Gasteiger partial charge in [-0.05, 0) is 39.7 Å². The lowest BCUT2D eigenvalue weighted by molar-refractivity contribution is 0.412. The fraction of sp³-hybridized carbons (Fsp3) is 0.143. The highest BCUT2D eigenvalue weighted by Crippen LogP contribution is 2.30. The molecule has 0 saturated heterocycles. The van der Waals surface area contributed by atoms with Crippen molar-refractivity contribution in [1.82, 2.24) is 14.6 Å². The second-order valence-corrected chi connectivity index (χ2v) is 7.08. The largest absolute Gasteiger partial charge is 0.496 e. The molecule has 8 heteroatoms. The molecule has 0 spiro atoms. The topological polar surface area (TPSA) is 39.4 Å². The molecule has 22 heavy (non-hydrogen) atoms. The summed E-state index contributed by atoms with van der Waals surface area (Å²) in [6, 6.07) is 7.62. The summed E-state index contributed by atoms with van der Waals surface area (Å²) in [6.45, 7) is 0. The van der Waals surface area contributed by atoms with E-state index in [9.17, 15) is 0 Å². The van der Waals surface area contributed by atoms with Crippen molar-refractivity contribution in [2.45, 2.75) is 10.9 Å². The Morgan fingerprint density at radius 3 is 2.82 bits per heavy atom. The molecule has 3 aromatic rings. The van der Waals surface area contributed by atoms with Crippen LogP contribution in [0.3, 0.4) is 0 Å². The van der Waals surface area contributed by atoms with Crippen LogP contribution in [0.4, 0.5) is 0 Å². The number of hydrogen-bond acceptors (Lipinski definition) is 4. The van der Waals surface area contributed by atoms with Gasteiger partial charge in [-0.1, -0.05) is 41.0 Å². The van der Waals surface area contributed by atoms with E-state index in [1.165, 1.54) is 0 Å². The van der Waals surface area contributed by atoms with E-state index in [1.807, 2.05) is 18.2 Å². The molecule has 0 atom stereocenters. The summed E-state index contributed by atoms with van der Waals surface area (Å²) in [5, 5.41) is 10.0. The van der Waals surface area contributed by atoms with Gasteiger partial charge >= 0.3 is 0 Å². The van der Waals surface area contributed by atoms with Crippen LogP contribution < -0.4 is 4.74 Å². The van der Waals surface area contributed by atoms with Crippen LogP contribution in [-0.2, 0) is 5.75 Å². The van der Waals surface area contributed by atoms with Gasteiger partial charge in [0.05, 0.1) is 21.6 Å². The molecule has 0 radical (unpaired) electrons. The maximum absolute atomic E-state index is 6.11. The van der Waals surface area contributed by atoms with Crippen molar-refractivity contribution in [3.05, 3.63) is 50.5 Å². The van der Waals surface area contributed by atoms with E-state index in [4.69, 9.17) is 27.9 Å². The smallest absolute Gasteiger partial charge is 0.196 e. The third-order valence-corrected chi connectivity index (χ3v) is 5.10. The third kappa shape index (κ3) is 3.20. The van der Waals surface area contributed by atoms with Crippen LogP contribution in [0.25, 0.3) is 5.65 Å². The van der Waals surface area contributed by atoms with E-state index < -0.39 is 0 Å². The van der Waals surface area contributed by atoms with E-state index in [1.54, 1.807) is 35.5 Å². The molecule has 4 nitrogen and oxygen atoms in total. The molecule has 0 aliphatic carbocycles. The number of fused-ring (bicyclic) bond motifs is 1. The summed E-state index contributed by atoms with van der Waals surface area (Å²) < 4.78 is 7.95. The number of hydrogen-bond donors (Lipinski definition) is 0. The molecule has 0 N–H and O–H groups in total. The normalized spacial score (nSPS) is 11.1. The Hall–Kier alpha value is -0.950. The molecule has 2 aromatic heterocycles. The van der Waals surface area contributed by atoms with E-state index in [2.05, 4.69) is 26.1 Å². The zero-order valence-electron chi connectivity index (χ0n) is 11.4. The van der Waals surface area contributed by atoms with E-state index in [0.717, 1.165) is 26.7 Å². The summed E-state index contributed by atoms with van der Waals surface area (Å²) >= 11 is 17.2. The summed E-state index contributed by atoms with van der Waals surface area (Å²) in [7, 11) is 1.64. The van der Waals surface area contributed by atoms with Crippen molar-refractivity contribution in [3.8, 4) is 5.75 Å². The molecule has 114 valence electrons. The highest BCUT2D eigenvalue weighted by Gasteiger charge is 2.11. The highest BCUT2D eigenvalue weighted by atomic mass is 79.9. The van der Waals surface area contributed by atoms with Crippen LogP contribution in [0.2, 0.25) is 10.0 Å². The van der Waals surface area contributed by atoms with Gasteiger partial charge in [-0.3, -0.25) is 4.40 Å². The molecule has 0 amide bonds. The number of methoxy groups -OCH3 is 1. The molecule has 0 saturated carbocycles. The zero-order valence-corrected chi connectivity index (χ0v) is 15.3. The van der Waals surface area contributed by atoms with Crippen molar-refractivity contribution in [3.63, 3.8) is 0 Å². The lowest BCUT2D eigenvalue weighted by atomic mass is 10.2. The minimum atomic E-state index is 0.485. The lowest BCUT2D eigenvalue weighted by Gasteiger charge is -2.06. The van der Waals surface area contributed by atoms with Gasteiger partial charge in [-0.2, -0.15) is 0 Å². The van der Waals surface area contributed by atoms with Gasteiger partial charge in [-0.25, -0.2) is 0 Å². The SMILES string of the molecule is COc1ccc(CSc2nnc3c(Cl)cc(Cl)cn23)cc1Br. The molecular formula is C14H10BrCl2N3OS. The second kappa shape index (κ2) is 6.66.